The molecular formula is C11H16N2O2. The van der Waals surface area contributed by atoms with Crippen LogP contribution in [0.1, 0.15) is 43.4 Å². The molecule has 1 unspecified atom stereocenters. The van der Waals surface area contributed by atoms with Gasteiger partial charge in [0.1, 0.15) is 5.82 Å². The molecule has 1 aliphatic carbocycles. The minimum absolute atomic E-state index is 0.249. The first kappa shape index (κ1) is 10.2. The maximum absolute atomic E-state index is 10.9. The Labute approximate surface area is 88.7 Å². The highest BCUT2D eigenvalue weighted by molar-refractivity contribution is 5.70. The van der Waals surface area contributed by atoms with E-state index in [2.05, 4.69) is 23.8 Å². The molecule has 4 heteroatoms. The van der Waals surface area contributed by atoms with E-state index in [0.717, 1.165) is 30.1 Å². The normalized spacial score (nSPS) is 20.3. The van der Waals surface area contributed by atoms with E-state index in [1.807, 2.05) is 0 Å². The highest BCUT2D eigenvalue weighted by Gasteiger charge is 2.27. The number of carboxylic acid groups (broad SMARTS) is 1. The third-order valence-corrected chi connectivity index (χ3v) is 2.96. The quantitative estimate of drug-likeness (QED) is 0.777. The van der Waals surface area contributed by atoms with Crippen molar-refractivity contribution in [1.82, 2.24) is 9.97 Å². The molecule has 1 aliphatic rings. The Morgan fingerprint density at radius 2 is 2.33 bits per heavy atom. The van der Waals surface area contributed by atoms with E-state index in [9.17, 15) is 4.79 Å². The van der Waals surface area contributed by atoms with Crippen molar-refractivity contribution in [2.75, 3.05) is 0 Å². The van der Waals surface area contributed by atoms with Crippen LogP contribution in [0.15, 0.2) is 0 Å². The van der Waals surface area contributed by atoms with Crippen LogP contribution in [0.3, 0.4) is 0 Å². The van der Waals surface area contributed by atoms with E-state index in [1.54, 1.807) is 0 Å². The van der Waals surface area contributed by atoms with Gasteiger partial charge in [0.15, 0.2) is 0 Å². The Morgan fingerprint density at radius 3 is 2.93 bits per heavy atom. The van der Waals surface area contributed by atoms with Gasteiger partial charge in [-0.2, -0.15) is 0 Å². The van der Waals surface area contributed by atoms with Gasteiger partial charge < -0.3 is 10.1 Å². The molecule has 0 amide bonds. The van der Waals surface area contributed by atoms with E-state index in [-0.39, 0.29) is 5.92 Å². The molecule has 0 spiro atoms. The summed E-state index contributed by atoms with van der Waals surface area (Å²) in [6, 6.07) is 0. The summed E-state index contributed by atoms with van der Waals surface area (Å²) < 4.78 is 0. The van der Waals surface area contributed by atoms with Crippen LogP contribution in [0.25, 0.3) is 0 Å². The lowest BCUT2D eigenvalue weighted by molar-refractivity contribution is -0.142. The molecular weight excluding hydrogens is 192 g/mol. The van der Waals surface area contributed by atoms with Gasteiger partial charge in [0.2, 0.25) is 0 Å². The average Bonchev–Trinajstić information content (AvgIpc) is 2.59. The number of aromatic nitrogens is 2. The molecule has 1 atom stereocenters. The number of fused-ring (bicyclic) bond motifs is 1. The lowest BCUT2D eigenvalue weighted by atomic mass is 9.90. The largest absolute Gasteiger partial charge is 0.481 e. The van der Waals surface area contributed by atoms with Gasteiger partial charge in [-0.05, 0) is 12.8 Å². The van der Waals surface area contributed by atoms with Gasteiger partial charge in [0.25, 0.3) is 0 Å². The summed E-state index contributed by atoms with van der Waals surface area (Å²) in [4.78, 5) is 18.6. The van der Waals surface area contributed by atoms with Gasteiger partial charge in [0, 0.05) is 18.0 Å². The number of rotatable bonds is 2. The molecule has 0 aliphatic heterocycles. The van der Waals surface area contributed by atoms with Crippen molar-refractivity contribution in [2.24, 2.45) is 5.92 Å². The minimum Gasteiger partial charge on any atom is -0.481 e. The van der Waals surface area contributed by atoms with Gasteiger partial charge in [-0.25, -0.2) is 4.98 Å². The highest BCUT2D eigenvalue weighted by Crippen LogP contribution is 2.25. The van der Waals surface area contributed by atoms with E-state index >= 15 is 0 Å². The van der Waals surface area contributed by atoms with Crippen LogP contribution in [-0.4, -0.2) is 21.0 Å². The summed E-state index contributed by atoms with van der Waals surface area (Å²) in [5, 5.41) is 8.94. The Hall–Kier alpha value is -1.32. The van der Waals surface area contributed by atoms with Crippen molar-refractivity contribution in [1.29, 1.82) is 0 Å². The van der Waals surface area contributed by atoms with Crippen molar-refractivity contribution in [2.45, 2.75) is 39.0 Å². The lowest BCUT2D eigenvalue weighted by Gasteiger charge is -2.16. The predicted octanol–water partition coefficient (Wildman–Crippen LogP) is 1.72. The number of nitrogens with zero attached hydrogens (tertiary/aromatic N) is 1. The first-order chi connectivity index (χ1) is 7.08. The van der Waals surface area contributed by atoms with Gasteiger partial charge in [-0.1, -0.05) is 13.8 Å². The molecule has 1 aromatic rings. The van der Waals surface area contributed by atoms with E-state index < -0.39 is 5.97 Å². The molecule has 82 valence electrons. The zero-order valence-electron chi connectivity index (χ0n) is 9.08. The molecule has 0 saturated carbocycles. The second kappa shape index (κ2) is 3.68. The van der Waals surface area contributed by atoms with Crippen molar-refractivity contribution in [3.05, 3.63) is 17.2 Å². The third-order valence-electron chi connectivity index (χ3n) is 2.96. The maximum atomic E-state index is 10.9. The van der Waals surface area contributed by atoms with Crippen LogP contribution in [0.5, 0.6) is 0 Å². The van der Waals surface area contributed by atoms with Crippen LogP contribution >= 0.6 is 0 Å². The van der Waals surface area contributed by atoms with Crippen LogP contribution < -0.4 is 0 Å². The Balaban J connectivity index is 2.22. The fraction of sp³-hybridized carbons (Fsp3) is 0.636. The first-order valence-corrected chi connectivity index (χ1v) is 5.38. The second-order valence-corrected chi connectivity index (χ2v) is 4.48. The molecule has 0 bridgehead atoms. The summed E-state index contributed by atoms with van der Waals surface area (Å²) in [6.45, 7) is 4.16. The topological polar surface area (TPSA) is 66.0 Å². The lowest BCUT2D eigenvalue weighted by Crippen LogP contribution is -2.22. The van der Waals surface area contributed by atoms with Crippen molar-refractivity contribution >= 4 is 5.97 Å². The summed E-state index contributed by atoms with van der Waals surface area (Å²) >= 11 is 0. The molecule has 2 N–H and O–H groups in total. The highest BCUT2D eigenvalue weighted by atomic mass is 16.4. The number of aromatic amines is 1. The van der Waals surface area contributed by atoms with Crippen molar-refractivity contribution < 1.29 is 9.90 Å². The molecule has 0 fully saturated rings. The molecule has 1 heterocycles. The number of nitrogens with one attached hydrogen (secondary N) is 1. The number of hydrogen-bond donors (Lipinski definition) is 2. The molecule has 2 rings (SSSR count). The van der Waals surface area contributed by atoms with Crippen molar-refractivity contribution in [3.8, 4) is 0 Å². The summed E-state index contributed by atoms with van der Waals surface area (Å²) in [7, 11) is 0. The average molecular weight is 208 g/mol. The predicted molar refractivity (Wildman–Crippen MR) is 55.8 cm³/mol. The van der Waals surface area contributed by atoms with Crippen LogP contribution in [-0.2, 0) is 17.6 Å². The number of hydrogen-bond acceptors (Lipinski definition) is 2. The number of carbonyl (C=O) groups is 1. The Morgan fingerprint density at radius 1 is 1.60 bits per heavy atom. The van der Waals surface area contributed by atoms with Crippen molar-refractivity contribution in [3.63, 3.8) is 0 Å². The van der Waals surface area contributed by atoms with Crippen LogP contribution in [0.2, 0.25) is 0 Å². The van der Waals surface area contributed by atoms with Gasteiger partial charge >= 0.3 is 5.97 Å². The molecule has 1 aromatic heterocycles. The fourth-order valence-electron chi connectivity index (χ4n) is 1.98. The maximum Gasteiger partial charge on any atom is 0.306 e. The Bertz CT molecular complexity index is 382. The third kappa shape index (κ3) is 1.89. The van der Waals surface area contributed by atoms with E-state index in [0.29, 0.717) is 12.3 Å². The van der Waals surface area contributed by atoms with E-state index in [1.165, 1.54) is 0 Å². The molecule has 4 nitrogen and oxygen atoms in total. The van der Waals surface area contributed by atoms with Gasteiger partial charge in [-0.3, -0.25) is 4.79 Å². The minimum atomic E-state index is -0.699. The second-order valence-electron chi connectivity index (χ2n) is 4.48. The standard InChI is InChI=1S/C11H16N2O2/c1-6(2)10-12-8-4-3-7(11(14)15)5-9(8)13-10/h6-7H,3-5H2,1-2H3,(H,12,13)(H,14,15). The zero-order valence-corrected chi connectivity index (χ0v) is 9.08. The molecule has 0 radical (unpaired) electrons. The van der Waals surface area contributed by atoms with Crippen LogP contribution in [0.4, 0.5) is 0 Å². The zero-order chi connectivity index (χ0) is 11.0. The molecule has 0 aromatic carbocycles. The smallest absolute Gasteiger partial charge is 0.306 e. The first-order valence-electron chi connectivity index (χ1n) is 5.38. The number of aryl methyl sites for hydroxylation is 1. The Kier molecular flexibility index (Phi) is 2.50. The summed E-state index contributed by atoms with van der Waals surface area (Å²) in [6.07, 6.45) is 2.11. The molecule has 0 saturated heterocycles. The number of imidazole rings is 1. The van der Waals surface area contributed by atoms with Gasteiger partial charge in [-0.15, -0.1) is 0 Å². The fourth-order valence-corrected chi connectivity index (χ4v) is 1.98. The molecule has 15 heavy (non-hydrogen) atoms. The van der Waals surface area contributed by atoms with E-state index in [4.69, 9.17) is 5.11 Å². The summed E-state index contributed by atoms with van der Waals surface area (Å²) in [5.74, 6) is 0.403. The number of carboxylic acids is 1. The SMILES string of the molecule is CC(C)c1nc2c([nH]1)CCC(C(=O)O)C2. The summed E-state index contributed by atoms with van der Waals surface area (Å²) in [5.41, 5.74) is 2.09. The number of H-pyrrole nitrogens is 1. The number of aliphatic carboxylic acids is 1. The van der Waals surface area contributed by atoms with Gasteiger partial charge in [0.05, 0.1) is 11.6 Å². The van der Waals surface area contributed by atoms with Crippen LogP contribution in [0, 0.1) is 5.92 Å². The monoisotopic (exact) mass is 208 g/mol.